The van der Waals surface area contributed by atoms with Crippen molar-refractivity contribution in [2.45, 2.75) is 0 Å². The summed E-state index contributed by atoms with van der Waals surface area (Å²) < 4.78 is 6.46. The number of aromatic nitrogens is 3. The van der Waals surface area contributed by atoms with Gasteiger partial charge in [0.15, 0.2) is 5.75 Å². The number of fused-ring (bicyclic) bond motifs is 6. The highest BCUT2D eigenvalue weighted by Gasteiger charge is 2.17. The van der Waals surface area contributed by atoms with E-state index in [1.807, 2.05) is 48.5 Å². The smallest absolute Gasteiger partial charge is 0.176 e. The van der Waals surface area contributed by atoms with Crippen LogP contribution in [-0.4, -0.2) is 15.0 Å². The first kappa shape index (κ1) is 21.2. The Kier molecular flexibility index (Phi) is 5.07. The number of nitrogens with one attached hydrogen (secondary N) is 2. The van der Waals surface area contributed by atoms with Crippen molar-refractivity contribution in [3.05, 3.63) is 127 Å². The summed E-state index contributed by atoms with van der Waals surface area (Å²) in [5.41, 5.74) is 9.93. The largest absolute Gasteiger partial charge is 0.453 e. The summed E-state index contributed by atoms with van der Waals surface area (Å²) in [4.78, 5) is 12.4. The van der Waals surface area contributed by atoms with Crippen LogP contribution in [0.15, 0.2) is 115 Å². The lowest BCUT2D eigenvalue weighted by Gasteiger charge is -2.08. The Bertz CT molecular complexity index is 1830. The summed E-state index contributed by atoms with van der Waals surface area (Å²) in [6.45, 7) is 0. The molecule has 4 heteroatoms. The molecule has 7 rings (SSSR count). The number of aromatic amines is 2. The minimum absolute atomic E-state index is 0.687. The third-order valence-electron chi connectivity index (χ3n) is 6.64. The van der Waals surface area contributed by atoms with Crippen LogP contribution in [0.5, 0.6) is 11.5 Å². The molecule has 4 heterocycles. The molecular weight excluding hydrogens is 454 g/mol. The fraction of sp³-hybridized carbons (Fsp3) is 0. The second-order valence-corrected chi connectivity index (χ2v) is 9.01. The van der Waals surface area contributed by atoms with Gasteiger partial charge in [-0.2, -0.15) is 0 Å². The molecule has 4 nitrogen and oxygen atoms in total. The quantitative estimate of drug-likeness (QED) is 0.266. The van der Waals surface area contributed by atoms with Crippen LogP contribution in [0.4, 0.5) is 0 Å². The lowest BCUT2D eigenvalue weighted by Crippen LogP contribution is -1.90. The Morgan fingerprint density at radius 1 is 0.459 bits per heavy atom. The molecule has 0 amide bonds. The zero-order chi connectivity index (χ0) is 24.6. The highest BCUT2D eigenvalue weighted by atomic mass is 16.5. The van der Waals surface area contributed by atoms with Crippen LogP contribution < -0.4 is 4.74 Å². The summed E-state index contributed by atoms with van der Waals surface area (Å²) in [7, 11) is 0. The third-order valence-corrected chi connectivity index (χ3v) is 6.64. The standard InChI is InChI=1S/C33H23N3O/c1-4-10-22(11-5-1)31-25-16-17-26(34-25)32(23-12-6-2-7-13-23)28-19-21-30(36-28)33(29-20-18-27(31)35-29)37-24-14-8-3-9-15-24/h1-21,34-35H. The van der Waals surface area contributed by atoms with E-state index in [-0.39, 0.29) is 0 Å². The number of hydrogen-bond donors (Lipinski definition) is 2. The van der Waals surface area contributed by atoms with Gasteiger partial charge in [0.25, 0.3) is 0 Å². The predicted molar refractivity (Wildman–Crippen MR) is 152 cm³/mol. The van der Waals surface area contributed by atoms with Crippen LogP contribution in [0.2, 0.25) is 0 Å². The monoisotopic (exact) mass is 477 g/mol. The van der Waals surface area contributed by atoms with Gasteiger partial charge in [0.1, 0.15) is 11.4 Å². The number of para-hydroxylation sites is 1. The normalized spacial score (nSPS) is 11.7. The van der Waals surface area contributed by atoms with E-state index >= 15 is 0 Å². The van der Waals surface area contributed by atoms with Crippen molar-refractivity contribution in [1.29, 1.82) is 0 Å². The van der Waals surface area contributed by atoms with Gasteiger partial charge < -0.3 is 14.7 Å². The fourth-order valence-electron chi connectivity index (χ4n) is 4.95. The summed E-state index contributed by atoms with van der Waals surface area (Å²) in [6, 6.07) is 39.2. The van der Waals surface area contributed by atoms with Gasteiger partial charge >= 0.3 is 0 Å². The van der Waals surface area contributed by atoms with E-state index in [1.165, 1.54) is 0 Å². The van der Waals surface area contributed by atoms with E-state index in [0.717, 1.165) is 61.5 Å². The summed E-state index contributed by atoms with van der Waals surface area (Å²) in [5, 5.41) is 0. The van der Waals surface area contributed by atoms with Gasteiger partial charge in [-0.05, 0) is 59.7 Å². The van der Waals surface area contributed by atoms with Gasteiger partial charge in [0.05, 0.1) is 11.2 Å². The molecule has 0 spiro atoms. The molecular formula is C33H23N3O. The molecule has 3 aromatic carbocycles. The van der Waals surface area contributed by atoms with Crippen molar-refractivity contribution in [3.63, 3.8) is 0 Å². The highest BCUT2D eigenvalue weighted by molar-refractivity contribution is 5.98. The molecule has 6 bridgehead atoms. The van der Waals surface area contributed by atoms with Crippen LogP contribution in [0.3, 0.4) is 0 Å². The fourth-order valence-corrected chi connectivity index (χ4v) is 4.95. The maximum Gasteiger partial charge on any atom is 0.176 e. The number of benzene rings is 3. The molecule has 0 unspecified atom stereocenters. The Morgan fingerprint density at radius 3 is 1.59 bits per heavy atom. The van der Waals surface area contributed by atoms with E-state index in [0.29, 0.717) is 5.75 Å². The van der Waals surface area contributed by atoms with Crippen LogP contribution in [-0.2, 0) is 0 Å². The average molecular weight is 478 g/mol. The van der Waals surface area contributed by atoms with E-state index in [4.69, 9.17) is 9.72 Å². The van der Waals surface area contributed by atoms with Crippen LogP contribution in [0, 0.1) is 0 Å². The predicted octanol–water partition coefficient (Wildman–Crippen LogP) is 8.78. The molecule has 176 valence electrons. The number of nitrogens with zero attached hydrogens (tertiary/aromatic N) is 1. The zero-order valence-corrected chi connectivity index (χ0v) is 20.0. The number of ether oxygens (including phenoxy) is 1. The minimum Gasteiger partial charge on any atom is -0.453 e. The van der Waals surface area contributed by atoms with Gasteiger partial charge in [0, 0.05) is 27.7 Å². The molecule has 0 saturated carbocycles. The highest BCUT2D eigenvalue weighted by Crippen LogP contribution is 2.37. The van der Waals surface area contributed by atoms with Crippen molar-refractivity contribution < 1.29 is 4.74 Å². The molecule has 1 aliphatic rings. The first-order chi connectivity index (χ1) is 18.3. The van der Waals surface area contributed by atoms with Crippen LogP contribution in [0.25, 0.3) is 56.5 Å². The van der Waals surface area contributed by atoms with Gasteiger partial charge in [0.2, 0.25) is 0 Å². The SMILES string of the molecule is C1=Cc2nc1c(Oc1ccccc1)c1ccc([nH]1)c(-c1ccccc1)c1ccc([nH]1)c2-c1ccccc1. The number of hydrogen-bond acceptors (Lipinski definition) is 2. The van der Waals surface area contributed by atoms with Crippen molar-refractivity contribution in [2.24, 2.45) is 0 Å². The van der Waals surface area contributed by atoms with Gasteiger partial charge in [-0.3, -0.25) is 0 Å². The molecule has 0 fully saturated rings. The van der Waals surface area contributed by atoms with E-state index in [1.54, 1.807) is 0 Å². The Balaban J connectivity index is 1.62. The molecule has 6 aromatic rings. The number of H-pyrrole nitrogens is 2. The van der Waals surface area contributed by atoms with Gasteiger partial charge in [-0.1, -0.05) is 78.9 Å². The lowest BCUT2D eigenvalue weighted by atomic mass is 10.0. The van der Waals surface area contributed by atoms with Gasteiger partial charge in [-0.15, -0.1) is 0 Å². The van der Waals surface area contributed by atoms with Crippen molar-refractivity contribution in [1.82, 2.24) is 15.0 Å². The summed E-state index contributed by atoms with van der Waals surface area (Å²) >= 11 is 0. The second-order valence-electron chi connectivity index (χ2n) is 9.01. The molecule has 2 N–H and O–H groups in total. The molecule has 1 aliphatic heterocycles. The van der Waals surface area contributed by atoms with E-state index in [9.17, 15) is 0 Å². The Labute approximate surface area is 214 Å². The van der Waals surface area contributed by atoms with Crippen molar-refractivity contribution in [2.75, 3.05) is 0 Å². The van der Waals surface area contributed by atoms with Crippen LogP contribution in [0.1, 0.15) is 11.4 Å². The van der Waals surface area contributed by atoms with Gasteiger partial charge in [-0.25, -0.2) is 4.98 Å². The first-order valence-electron chi connectivity index (χ1n) is 12.3. The Hall–Kier alpha value is -5.09. The van der Waals surface area contributed by atoms with E-state index in [2.05, 4.69) is 88.8 Å². The molecule has 0 radical (unpaired) electrons. The maximum absolute atomic E-state index is 6.46. The molecule has 3 aromatic heterocycles. The summed E-state index contributed by atoms with van der Waals surface area (Å²) in [6.07, 6.45) is 4.09. The third kappa shape index (κ3) is 3.85. The minimum atomic E-state index is 0.687. The topological polar surface area (TPSA) is 53.7 Å². The second kappa shape index (κ2) is 8.85. The maximum atomic E-state index is 6.46. The average Bonchev–Trinajstić information content (AvgIpc) is 3.72. The molecule has 0 atom stereocenters. The molecule has 37 heavy (non-hydrogen) atoms. The Morgan fingerprint density at radius 2 is 0.946 bits per heavy atom. The van der Waals surface area contributed by atoms with Crippen molar-refractivity contribution in [3.8, 4) is 33.8 Å². The van der Waals surface area contributed by atoms with E-state index < -0.39 is 0 Å². The summed E-state index contributed by atoms with van der Waals surface area (Å²) in [5.74, 6) is 1.45. The number of rotatable bonds is 4. The first-order valence-corrected chi connectivity index (χ1v) is 12.3. The molecule has 0 saturated heterocycles. The lowest BCUT2D eigenvalue weighted by molar-refractivity contribution is 0.484. The van der Waals surface area contributed by atoms with Crippen molar-refractivity contribution >= 4 is 34.2 Å². The van der Waals surface area contributed by atoms with Crippen LogP contribution >= 0.6 is 0 Å². The molecule has 0 aliphatic carbocycles. The zero-order valence-electron chi connectivity index (χ0n) is 20.0.